The van der Waals surface area contributed by atoms with E-state index < -0.39 is 10.0 Å². The van der Waals surface area contributed by atoms with Gasteiger partial charge in [-0.25, -0.2) is 8.42 Å². The first-order valence-corrected chi connectivity index (χ1v) is 11.3. The Bertz CT molecular complexity index is 1010. The summed E-state index contributed by atoms with van der Waals surface area (Å²) in [7, 11) is -3.65. The highest BCUT2D eigenvalue weighted by Crippen LogP contribution is 2.30. The minimum atomic E-state index is -3.65. The van der Waals surface area contributed by atoms with Gasteiger partial charge in [0.05, 0.1) is 17.2 Å². The first-order valence-electron chi connectivity index (χ1n) is 9.89. The highest BCUT2D eigenvalue weighted by atomic mass is 32.2. The number of para-hydroxylation sites is 2. The van der Waals surface area contributed by atoms with Gasteiger partial charge < -0.3 is 15.0 Å². The number of carbonyl (C=O) groups is 1. The Morgan fingerprint density at radius 2 is 1.83 bits per heavy atom. The number of anilines is 1. The molecule has 8 heteroatoms. The lowest BCUT2D eigenvalue weighted by atomic mass is 10.0. The average molecular weight is 416 g/mol. The molecule has 0 radical (unpaired) electrons. The average Bonchev–Trinajstić information content (AvgIpc) is 2.74. The third kappa shape index (κ3) is 3.82. The molecule has 1 fully saturated rings. The van der Waals surface area contributed by atoms with Crippen LogP contribution in [0.25, 0.3) is 0 Å². The standard InChI is InChI=1S/C21H25N3O4S/c1-2-28-20-6-4-3-5-19(20)23-11-13-24(14-12-23)29(26,27)17-8-7-16-9-10-22-21(25)18(16)15-17/h3-8,15H,2,9-14H2,1H3,(H,22,25). The van der Waals surface area contributed by atoms with E-state index in [0.717, 1.165) is 23.4 Å². The summed E-state index contributed by atoms with van der Waals surface area (Å²) in [6.45, 7) is 5.03. The van der Waals surface area contributed by atoms with Gasteiger partial charge in [-0.05, 0) is 43.2 Å². The number of benzene rings is 2. The number of piperazine rings is 1. The molecule has 0 aromatic heterocycles. The van der Waals surface area contributed by atoms with Gasteiger partial charge in [-0.3, -0.25) is 4.79 Å². The van der Waals surface area contributed by atoms with Crippen molar-refractivity contribution in [2.24, 2.45) is 0 Å². The molecule has 2 aromatic carbocycles. The Hall–Kier alpha value is -2.58. The number of amides is 1. The second-order valence-electron chi connectivity index (χ2n) is 7.12. The Labute approximate surface area is 171 Å². The topological polar surface area (TPSA) is 79.0 Å². The molecule has 1 saturated heterocycles. The first kappa shape index (κ1) is 19.7. The van der Waals surface area contributed by atoms with Gasteiger partial charge in [-0.2, -0.15) is 4.31 Å². The van der Waals surface area contributed by atoms with E-state index in [1.807, 2.05) is 31.2 Å². The molecule has 0 atom stereocenters. The van der Waals surface area contributed by atoms with Crippen molar-refractivity contribution in [3.05, 3.63) is 53.6 Å². The zero-order chi connectivity index (χ0) is 20.4. The SMILES string of the molecule is CCOc1ccccc1N1CCN(S(=O)(=O)c2ccc3c(c2)C(=O)NCC3)CC1. The molecule has 0 aliphatic carbocycles. The van der Waals surface area contributed by atoms with Crippen molar-refractivity contribution < 1.29 is 17.9 Å². The van der Waals surface area contributed by atoms with Crippen molar-refractivity contribution in [3.8, 4) is 5.75 Å². The maximum atomic E-state index is 13.1. The van der Waals surface area contributed by atoms with E-state index in [1.54, 1.807) is 12.1 Å². The van der Waals surface area contributed by atoms with E-state index in [-0.39, 0.29) is 10.8 Å². The van der Waals surface area contributed by atoms with E-state index >= 15 is 0 Å². The minimum Gasteiger partial charge on any atom is -0.492 e. The van der Waals surface area contributed by atoms with Crippen LogP contribution >= 0.6 is 0 Å². The lowest BCUT2D eigenvalue weighted by Gasteiger charge is -2.36. The number of fused-ring (bicyclic) bond motifs is 1. The Kier molecular flexibility index (Phi) is 5.47. The number of hydrogen-bond acceptors (Lipinski definition) is 5. The van der Waals surface area contributed by atoms with E-state index in [2.05, 4.69) is 10.2 Å². The number of carbonyl (C=O) groups excluding carboxylic acids is 1. The van der Waals surface area contributed by atoms with Gasteiger partial charge in [-0.1, -0.05) is 18.2 Å². The van der Waals surface area contributed by atoms with Crippen LogP contribution in [0.4, 0.5) is 5.69 Å². The lowest BCUT2D eigenvalue weighted by Crippen LogP contribution is -2.48. The Morgan fingerprint density at radius 1 is 1.07 bits per heavy atom. The van der Waals surface area contributed by atoms with Gasteiger partial charge in [-0.15, -0.1) is 0 Å². The van der Waals surface area contributed by atoms with Crippen LogP contribution < -0.4 is 15.0 Å². The smallest absolute Gasteiger partial charge is 0.251 e. The number of nitrogens with zero attached hydrogens (tertiary/aromatic N) is 2. The fourth-order valence-corrected chi connectivity index (χ4v) is 5.31. The molecule has 2 aliphatic rings. The van der Waals surface area contributed by atoms with Crippen molar-refractivity contribution >= 4 is 21.6 Å². The van der Waals surface area contributed by atoms with Crippen molar-refractivity contribution in [1.82, 2.24) is 9.62 Å². The number of hydrogen-bond donors (Lipinski definition) is 1. The van der Waals surface area contributed by atoms with Crippen LogP contribution in [0.3, 0.4) is 0 Å². The highest BCUT2D eigenvalue weighted by molar-refractivity contribution is 7.89. The molecule has 0 unspecified atom stereocenters. The number of ether oxygens (including phenoxy) is 1. The summed E-state index contributed by atoms with van der Waals surface area (Å²) < 4.78 is 33.5. The van der Waals surface area contributed by atoms with Gasteiger partial charge in [0.2, 0.25) is 10.0 Å². The molecular formula is C21H25N3O4S. The largest absolute Gasteiger partial charge is 0.492 e. The van der Waals surface area contributed by atoms with E-state index in [9.17, 15) is 13.2 Å². The molecule has 29 heavy (non-hydrogen) atoms. The minimum absolute atomic E-state index is 0.177. The van der Waals surface area contributed by atoms with Gasteiger partial charge in [0.25, 0.3) is 5.91 Å². The van der Waals surface area contributed by atoms with E-state index in [0.29, 0.717) is 44.9 Å². The summed E-state index contributed by atoms with van der Waals surface area (Å²) >= 11 is 0. The molecule has 1 amide bonds. The van der Waals surface area contributed by atoms with Gasteiger partial charge in [0, 0.05) is 38.3 Å². The van der Waals surface area contributed by atoms with E-state index in [4.69, 9.17) is 4.74 Å². The van der Waals surface area contributed by atoms with Crippen LogP contribution in [-0.4, -0.2) is 58.0 Å². The monoisotopic (exact) mass is 415 g/mol. The molecule has 154 valence electrons. The van der Waals surface area contributed by atoms with Gasteiger partial charge >= 0.3 is 0 Å². The maximum Gasteiger partial charge on any atom is 0.251 e. The summed E-state index contributed by atoms with van der Waals surface area (Å²) in [5, 5.41) is 2.77. The molecule has 4 rings (SSSR count). The quantitative estimate of drug-likeness (QED) is 0.807. The molecule has 0 bridgehead atoms. The number of sulfonamides is 1. The predicted octanol–water partition coefficient (Wildman–Crippen LogP) is 1.88. The van der Waals surface area contributed by atoms with Crippen LogP contribution in [0.2, 0.25) is 0 Å². The van der Waals surface area contributed by atoms with Crippen LogP contribution in [0.15, 0.2) is 47.4 Å². The summed E-state index contributed by atoms with van der Waals surface area (Å²) in [5.41, 5.74) is 2.34. The first-order chi connectivity index (χ1) is 14.0. The van der Waals surface area contributed by atoms with Crippen molar-refractivity contribution in [2.75, 3.05) is 44.2 Å². The van der Waals surface area contributed by atoms with Gasteiger partial charge in [0.15, 0.2) is 0 Å². The maximum absolute atomic E-state index is 13.1. The molecule has 2 aromatic rings. The van der Waals surface area contributed by atoms with Crippen molar-refractivity contribution in [2.45, 2.75) is 18.2 Å². The molecule has 0 spiro atoms. The lowest BCUT2D eigenvalue weighted by molar-refractivity contribution is 0.0945. The molecular weight excluding hydrogens is 390 g/mol. The fourth-order valence-electron chi connectivity index (χ4n) is 3.87. The second-order valence-corrected chi connectivity index (χ2v) is 9.05. The highest BCUT2D eigenvalue weighted by Gasteiger charge is 2.30. The molecule has 2 heterocycles. The normalized spacial score (nSPS) is 17.6. The van der Waals surface area contributed by atoms with Crippen LogP contribution in [0.5, 0.6) is 5.75 Å². The van der Waals surface area contributed by atoms with Crippen LogP contribution in [0, 0.1) is 0 Å². The predicted molar refractivity (Wildman–Crippen MR) is 111 cm³/mol. The second kappa shape index (κ2) is 8.04. The molecule has 2 aliphatic heterocycles. The molecule has 1 N–H and O–H groups in total. The zero-order valence-corrected chi connectivity index (χ0v) is 17.2. The number of rotatable bonds is 5. The van der Waals surface area contributed by atoms with E-state index in [1.165, 1.54) is 10.4 Å². The summed E-state index contributed by atoms with van der Waals surface area (Å²) in [6, 6.07) is 12.7. The Balaban J connectivity index is 1.51. The van der Waals surface area contributed by atoms with Crippen LogP contribution in [-0.2, 0) is 16.4 Å². The Morgan fingerprint density at radius 3 is 2.59 bits per heavy atom. The third-order valence-corrected chi connectivity index (χ3v) is 7.28. The van der Waals surface area contributed by atoms with Crippen LogP contribution in [0.1, 0.15) is 22.8 Å². The third-order valence-electron chi connectivity index (χ3n) is 5.39. The summed E-state index contributed by atoms with van der Waals surface area (Å²) in [6.07, 6.45) is 0.722. The summed E-state index contributed by atoms with van der Waals surface area (Å²) in [4.78, 5) is 14.4. The van der Waals surface area contributed by atoms with Crippen molar-refractivity contribution in [1.29, 1.82) is 0 Å². The summed E-state index contributed by atoms with van der Waals surface area (Å²) in [5.74, 6) is 0.604. The van der Waals surface area contributed by atoms with Crippen molar-refractivity contribution in [3.63, 3.8) is 0 Å². The molecule has 0 saturated carbocycles. The fraction of sp³-hybridized carbons (Fsp3) is 0.381. The van der Waals surface area contributed by atoms with Gasteiger partial charge in [0.1, 0.15) is 5.75 Å². The molecule has 7 nitrogen and oxygen atoms in total. The number of nitrogens with one attached hydrogen (secondary N) is 1. The zero-order valence-electron chi connectivity index (χ0n) is 16.4.